The first kappa shape index (κ1) is 11.5. The van der Waals surface area contributed by atoms with E-state index in [4.69, 9.17) is 4.74 Å². The summed E-state index contributed by atoms with van der Waals surface area (Å²) in [4.78, 5) is 7.58. The summed E-state index contributed by atoms with van der Waals surface area (Å²) >= 11 is 0. The predicted molar refractivity (Wildman–Crippen MR) is 74.0 cm³/mol. The molecule has 0 amide bonds. The van der Waals surface area contributed by atoms with Gasteiger partial charge in [-0.3, -0.25) is 10.2 Å². The van der Waals surface area contributed by atoms with E-state index in [0.29, 0.717) is 13.2 Å². The summed E-state index contributed by atoms with van der Waals surface area (Å²) in [6.45, 7) is 3.06. The fourth-order valence-corrected chi connectivity index (χ4v) is 2.72. The maximum absolute atomic E-state index is 10.1. The van der Waals surface area contributed by atoms with Crippen molar-refractivity contribution in [3.8, 4) is 0 Å². The molecular weight excluding hydrogens is 256 g/mol. The zero-order valence-corrected chi connectivity index (χ0v) is 10.9. The van der Waals surface area contributed by atoms with E-state index < -0.39 is 0 Å². The summed E-state index contributed by atoms with van der Waals surface area (Å²) < 4.78 is 5.38. The van der Waals surface area contributed by atoms with Crippen molar-refractivity contribution in [2.45, 2.75) is 0 Å². The second kappa shape index (κ2) is 4.35. The number of rotatable bonds is 1. The van der Waals surface area contributed by atoms with Crippen LogP contribution in [0.3, 0.4) is 0 Å². The van der Waals surface area contributed by atoms with Crippen LogP contribution in [0.4, 0.5) is 5.82 Å². The fraction of sp³-hybridized carbons (Fsp3) is 0.286. The van der Waals surface area contributed by atoms with E-state index in [1.807, 2.05) is 18.2 Å². The third kappa shape index (κ3) is 1.69. The molecule has 4 rings (SSSR count). The molecule has 20 heavy (non-hydrogen) atoms. The Kier molecular flexibility index (Phi) is 2.50. The molecule has 1 aromatic carbocycles. The minimum Gasteiger partial charge on any atom is -0.378 e. The molecule has 102 valence electrons. The number of benzene rings is 1. The molecule has 6 nitrogen and oxygen atoms in total. The average molecular weight is 271 g/mol. The number of hydrogen-bond acceptors (Lipinski definition) is 4. The van der Waals surface area contributed by atoms with Gasteiger partial charge in [-0.2, -0.15) is 0 Å². The number of anilines is 1. The molecule has 6 heteroatoms. The number of H-pyrrole nitrogens is 1. The number of fused-ring (bicyclic) bond motifs is 2. The Hall–Kier alpha value is -2.34. The molecule has 0 unspecified atom stereocenters. The van der Waals surface area contributed by atoms with E-state index in [0.717, 1.165) is 45.6 Å². The Labute approximate surface area is 115 Å². The summed E-state index contributed by atoms with van der Waals surface area (Å²) in [6.07, 6.45) is 1.76. The van der Waals surface area contributed by atoms with Gasteiger partial charge >= 0.3 is 0 Å². The summed E-state index contributed by atoms with van der Waals surface area (Å²) in [5.41, 5.74) is 1.60. The number of aromatic amines is 1. The molecule has 1 fully saturated rings. The van der Waals surface area contributed by atoms with E-state index >= 15 is 0 Å². The summed E-state index contributed by atoms with van der Waals surface area (Å²) in [6, 6.07) is 7.90. The van der Waals surface area contributed by atoms with Crippen LogP contribution in [0.5, 0.6) is 0 Å². The van der Waals surface area contributed by atoms with Crippen molar-refractivity contribution >= 4 is 27.6 Å². The number of ether oxygens (including phenoxy) is 1. The molecule has 1 aliphatic rings. The van der Waals surface area contributed by atoms with E-state index in [-0.39, 0.29) is 0 Å². The molecule has 0 radical (unpaired) electrons. The van der Waals surface area contributed by atoms with Gasteiger partial charge < -0.3 is 9.64 Å². The smallest absolute Gasteiger partial charge is 0.300 e. The van der Waals surface area contributed by atoms with Crippen molar-refractivity contribution in [3.63, 3.8) is 0 Å². The topological polar surface area (TPSA) is 65.3 Å². The Morgan fingerprint density at radius 3 is 3.00 bits per heavy atom. The van der Waals surface area contributed by atoms with Crippen LogP contribution in [0.2, 0.25) is 0 Å². The normalized spacial score (nSPS) is 16.1. The van der Waals surface area contributed by atoms with Crippen molar-refractivity contribution in [2.24, 2.45) is 0 Å². The largest absolute Gasteiger partial charge is 0.378 e. The number of morpholine rings is 1. The van der Waals surface area contributed by atoms with Crippen molar-refractivity contribution in [1.82, 2.24) is 10.1 Å². The highest BCUT2D eigenvalue weighted by atomic mass is 16.5. The highest BCUT2D eigenvalue weighted by Crippen LogP contribution is 2.27. The lowest BCUT2D eigenvalue weighted by molar-refractivity contribution is -0.926. The van der Waals surface area contributed by atoms with Gasteiger partial charge in [-0.1, -0.05) is 6.07 Å². The van der Waals surface area contributed by atoms with Crippen LogP contribution in [0.25, 0.3) is 21.8 Å². The molecule has 0 bridgehead atoms. The maximum atomic E-state index is 10.1. The molecule has 3 heterocycles. The highest BCUT2D eigenvalue weighted by molar-refractivity contribution is 5.98. The standard InChI is InChI=1S/C14H14N4O2/c19-18-13-9-12-10(2-1-3-15-12)8-11(13)14(16-18)17-4-6-20-7-5-17/h1-3,8-9,19H,4-7H2/p+1. The maximum Gasteiger partial charge on any atom is 0.300 e. The van der Waals surface area contributed by atoms with E-state index in [1.165, 1.54) is 0 Å². The van der Waals surface area contributed by atoms with Crippen LogP contribution < -0.4 is 9.75 Å². The minimum absolute atomic E-state index is 0.709. The van der Waals surface area contributed by atoms with E-state index in [2.05, 4.69) is 21.0 Å². The molecule has 0 saturated carbocycles. The van der Waals surface area contributed by atoms with Gasteiger partial charge in [0, 0.05) is 30.7 Å². The minimum atomic E-state index is 0.709. The first-order valence-electron chi connectivity index (χ1n) is 6.67. The second-order valence-corrected chi connectivity index (χ2v) is 4.94. The molecule has 0 spiro atoms. The summed E-state index contributed by atoms with van der Waals surface area (Å²) in [5, 5.41) is 15.1. The lowest BCUT2D eigenvalue weighted by Crippen LogP contribution is -2.38. The molecule has 3 aromatic rings. The fourth-order valence-electron chi connectivity index (χ4n) is 2.72. The molecule has 1 aliphatic heterocycles. The molecule has 2 aromatic heterocycles. The monoisotopic (exact) mass is 271 g/mol. The number of nitrogens with zero attached hydrogens (tertiary/aromatic N) is 3. The molecular formula is C14H15N4O2+. The number of pyridine rings is 1. The first-order valence-corrected chi connectivity index (χ1v) is 6.67. The molecule has 1 saturated heterocycles. The number of nitrogens with one attached hydrogen (secondary N) is 1. The van der Waals surface area contributed by atoms with Crippen LogP contribution in [-0.4, -0.2) is 41.6 Å². The highest BCUT2D eigenvalue weighted by Gasteiger charge is 2.24. The lowest BCUT2D eigenvalue weighted by atomic mass is 10.1. The Morgan fingerprint density at radius 2 is 2.15 bits per heavy atom. The van der Waals surface area contributed by atoms with E-state index in [9.17, 15) is 5.21 Å². The van der Waals surface area contributed by atoms with Gasteiger partial charge in [0.1, 0.15) is 10.2 Å². The predicted octanol–water partition coefficient (Wildman–Crippen LogP) is 1.08. The van der Waals surface area contributed by atoms with Crippen LogP contribution in [0.1, 0.15) is 0 Å². The number of hydrogen-bond donors (Lipinski definition) is 2. The Bertz CT molecular complexity index is 777. The molecule has 0 aliphatic carbocycles. The Morgan fingerprint density at radius 1 is 1.30 bits per heavy atom. The summed E-state index contributed by atoms with van der Waals surface area (Å²) in [5.74, 6) is 0.927. The summed E-state index contributed by atoms with van der Waals surface area (Å²) in [7, 11) is 0. The molecule has 2 N–H and O–H groups in total. The van der Waals surface area contributed by atoms with Gasteiger partial charge in [0.25, 0.3) is 5.52 Å². The second-order valence-electron chi connectivity index (χ2n) is 4.94. The quantitative estimate of drug-likeness (QED) is 0.513. The van der Waals surface area contributed by atoms with Gasteiger partial charge in [0.2, 0.25) is 0 Å². The first-order chi connectivity index (χ1) is 9.83. The third-order valence-electron chi connectivity index (χ3n) is 3.74. The van der Waals surface area contributed by atoms with Crippen LogP contribution in [0, 0.1) is 0 Å². The molecule has 0 atom stereocenters. The zero-order chi connectivity index (χ0) is 13.5. The number of aromatic nitrogens is 3. The van der Waals surface area contributed by atoms with Crippen LogP contribution >= 0.6 is 0 Å². The van der Waals surface area contributed by atoms with Crippen molar-refractivity contribution in [2.75, 3.05) is 31.2 Å². The third-order valence-corrected chi connectivity index (χ3v) is 3.74. The van der Waals surface area contributed by atoms with Crippen LogP contribution in [0.15, 0.2) is 30.5 Å². The van der Waals surface area contributed by atoms with Crippen molar-refractivity contribution in [3.05, 3.63) is 30.5 Å². The average Bonchev–Trinajstić information content (AvgIpc) is 2.83. The van der Waals surface area contributed by atoms with Crippen molar-refractivity contribution < 1.29 is 14.8 Å². The lowest BCUT2D eigenvalue weighted by Gasteiger charge is -2.26. The van der Waals surface area contributed by atoms with Gasteiger partial charge in [-0.25, -0.2) is 0 Å². The zero-order valence-electron chi connectivity index (χ0n) is 10.9. The van der Waals surface area contributed by atoms with Gasteiger partial charge in [-0.15, -0.1) is 5.10 Å². The van der Waals surface area contributed by atoms with Gasteiger partial charge in [-0.05, 0) is 12.1 Å². The van der Waals surface area contributed by atoms with E-state index in [1.54, 1.807) is 6.20 Å². The SMILES string of the molecule is O[n+]1[nH]c(N2CCOCC2)c2cc3cccnc3cc21. The Balaban J connectivity index is 1.94. The van der Waals surface area contributed by atoms with Crippen molar-refractivity contribution in [1.29, 1.82) is 0 Å². The van der Waals surface area contributed by atoms with Crippen LogP contribution in [-0.2, 0) is 4.74 Å². The van der Waals surface area contributed by atoms with Gasteiger partial charge in [0.05, 0.1) is 18.7 Å². The van der Waals surface area contributed by atoms with Gasteiger partial charge in [0.15, 0.2) is 5.82 Å².